The van der Waals surface area contributed by atoms with Crippen LogP contribution in [-0.2, 0) is 81.6 Å². The number of esters is 4. The minimum atomic E-state index is -2.23. The molecular formula is C16H30Cl4O15S3. The normalized spacial score (nSPS) is 13.5. The molecule has 230 valence electrons. The minimum Gasteiger partial charge on any atom is -0.467 e. The van der Waals surface area contributed by atoms with Gasteiger partial charge >= 0.3 is 35.2 Å². The van der Waals surface area contributed by atoms with E-state index in [1.54, 1.807) is 0 Å². The van der Waals surface area contributed by atoms with E-state index in [4.69, 9.17) is 20.0 Å². The second-order valence-corrected chi connectivity index (χ2v) is 10.2. The van der Waals surface area contributed by atoms with E-state index in [0.29, 0.717) is 0 Å². The van der Waals surface area contributed by atoms with Gasteiger partial charge < -0.3 is 24.1 Å². The Morgan fingerprint density at radius 3 is 1.00 bits per heavy atom. The highest BCUT2D eigenvalue weighted by molar-refractivity contribution is 8.26. The molecule has 15 nitrogen and oxygen atoms in total. The molecule has 0 aromatic rings. The molecular weight excluding hydrogens is 670 g/mol. The van der Waals surface area contributed by atoms with Gasteiger partial charge in [0.2, 0.25) is 9.23 Å². The Morgan fingerprint density at radius 1 is 0.605 bits per heavy atom. The third-order valence-electron chi connectivity index (χ3n) is 2.81. The van der Waals surface area contributed by atoms with Crippen LogP contribution in [0.5, 0.6) is 0 Å². The summed E-state index contributed by atoms with van der Waals surface area (Å²) in [5.41, 5.74) is 0. The maximum absolute atomic E-state index is 11.2. The van der Waals surface area contributed by atoms with E-state index in [1.165, 1.54) is 56.1 Å². The van der Waals surface area contributed by atoms with Crippen molar-refractivity contribution < 1.29 is 68.4 Å². The lowest BCUT2D eigenvalue weighted by molar-refractivity contribution is -0.150. The van der Waals surface area contributed by atoms with Gasteiger partial charge in [0.25, 0.3) is 10.3 Å². The van der Waals surface area contributed by atoms with Gasteiger partial charge in [-0.15, -0.1) is 12.4 Å². The van der Waals surface area contributed by atoms with Crippen molar-refractivity contribution in [2.45, 2.75) is 52.1 Å². The molecule has 0 spiro atoms. The predicted molar refractivity (Wildman–Crippen MR) is 141 cm³/mol. The fourth-order valence-electron chi connectivity index (χ4n) is 1.16. The zero-order chi connectivity index (χ0) is 30.3. The fourth-order valence-corrected chi connectivity index (χ4v) is 2.46. The van der Waals surface area contributed by atoms with Crippen molar-refractivity contribution in [1.29, 1.82) is 0 Å². The van der Waals surface area contributed by atoms with E-state index in [-0.39, 0.29) is 12.4 Å². The van der Waals surface area contributed by atoms with E-state index in [1.807, 2.05) is 0 Å². The highest BCUT2D eigenvalue weighted by Crippen LogP contribution is 2.04. The van der Waals surface area contributed by atoms with E-state index in [9.17, 15) is 27.6 Å². The van der Waals surface area contributed by atoms with Crippen LogP contribution >= 0.6 is 44.5 Å². The number of hydrogen-bond donors (Lipinski definition) is 1. The summed E-state index contributed by atoms with van der Waals surface area (Å²) in [5, 5.41) is 8.35. The number of methoxy groups -OCH3 is 4. The number of carbonyl (C=O) groups is 4. The summed E-state index contributed by atoms with van der Waals surface area (Å²) in [6, 6.07) is 0. The smallest absolute Gasteiger partial charge is 0.336 e. The van der Waals surface area contributed by atoms with Crippen molar-refractivity contribution in [2.75, 3.05) is 28.4 Å². The van der Waals surface area contributed by atoms with Crippen LogP contribution in [0.3, 0.4) is 0 Å². The fraction of sp³-hybridized carbons (Fsp3) is 0.750. The quantitative estimate of drug-likeness (QED) is 0.193. The molecule has 5 atom stereocenters. The molecule has 0 aliphatic heterocycles. The summed E-state index contributed by atoms with van der Waals surface area (Å²) in [4.78, 5) is 42.3. The van der Waals surface area contributed by atoms with Crippen molar-refractivity contribution in [1.82, 2.24) is 0 Å². The highest BCUT2D eigenvalue weighted by atomic mass is 36.0. The lowest BCUT2D eigenvalue weighted by atomic mass is 10.4. The van der Waals surface area contributed by atoms with E-state index >= 15 is 0 Å². The Hall–Kier alpha value is -0.670. The second kappa shape index (κ2) is 29.3. The summed E-state index contributed by atoms with van der Waals surface area (Å²) >= 11 is -2.23. The van der Waals surface area contributed by atoms with Crippen molar-refractivity contribution in [3.05, 3.63) is 0 Å². The second-order valence-electron chi connectivity index (χ2n) is 5.57. The molecule has 0 aliphatic carbocycles. The molecule has 0 saturated carbocycles. The number of hydrogen-bond acceptors (Lipinski definition) is 15. The lowest BCUT2D eigenvalue weighted by Gasteiger charge is -2.12. The molecule has 0 fully saturated rings. The standard InChI is InChI=1S/C8H14O7S.C4H7ClO4S.C4H8O3.Cl2OS.ClH/c1-5(7(9)12-3)14-16(11)15-6(2)8(10)13-4;1-3(4(6)8-2)9-10(5)7;1-3(5)4(6)7-2;1-4(2)3;/h5-6H,1-4H3;3H,1-2H3;3,5H,1-2H3;;1H/t5-,6-;3-,10?;3-;;/m000../s1. The van der Waals surface area contributed by atoms with Crippen LogP contribution in [-0.4, -0.2) is 94.5 Å². The van der Waals surface area contributed by atoms with Crippen molar-refractivity contribution >= 4 is 99.2 Å². The lowest BCUT2D eigenvalue weighted by Crippen LogP contribution is -2.28. The average Bonchev–Trinajstić information content (AvgIpc) is 2.81. The number of rotatable bonds is 10. The van der Waals surface area contributed by atoms with Crippen molar-refractivity contribution in [3.8, 4) is 0 Å². The molecule has 0 aromatic heterocycles. The van der Waals surface area contributed by atoms with Gasteiger partial charge in [0, 0.05) is 32.0 Å². The summed E-state index contributed by atoms with van der Waals surface area (Å²) in [6.45, 7) is 5.43. The topological polar surface area (TPSA) is 204 Å². The predicted octanol–water partition coefficient (Wildman–Crippen LogP) is 1.11. The van der Waals surface area contributed by atoms with Gasteiger partial charge in [-0.2, -0.15) is 4.21 Å². The Balaban J connectivity index is -0.000000141. The molecule has 0 radical (unpaired) electrons. The molecule has 0 rings (SSSR count). The molecule has 38 heavy (non-hydrogen) atoms. The largest absolute Gasteiger partial charge is 0.467 e. The first-order chi connectivity index (χ1) is 16.9. The third kappa shape index (κ3) is 33.4. The van der Waals surface area contributed by atoms with Gasteiger partial charge in [0.15, 0.2) is 18.3 Å². The van der Waals surface area contributed by atoms with Crippen LogP contribution in [0.15, 0.2) is 0 Å². The number of aliphatic hydroxyl groups is 1. The third-order valence-corrected chi connectivity index (χ3v) is 4.36. The molecule has 1 unspecified atom stereocenters. The summed E-state index contributed by atoms with van der Waals surface area (Å²) < 4.78 is 61.1. The number of ether oxygens (including phenoxy) is 4. The maximum Gasteiger partial charge on any atom is 0.336 e. The van der Waals surface area contributed by atoms with Gasteiger partial charge in [-0.05, 0) is 27.7 Å². The molecule has 22 heteroatoms. The van der Waals surface area contributed by atoms with Crippen LogP contribution in [0, 0.1) is 0 Å². The summed E-state index contributed by atoms with van der Waals surface area (Å²) in [6.07, 6.45) is -3.97. The van der Waals surface area contributed by atoms with E-state index in [2.05, 4.69) is 52.9 Å². The Kier molecular flexibility index (Phi) is 36.4. The zero-order valence-corrected chi connectivity index (χ0v) is 26.8. The van der Waals surface area contributed by atoms with Gasteiger partial charge in [0.1, 0.15) is 6.10 Å². The summed E-state index contributed by atoms with van der Waals surface area (Å²) in [7, 11) is 15.1. The minimum absolute atomic E-state index is 0. The molecule has 1 N–H and O–H groups in total. The molecule has 0 saturated heterocycles. The Bertz CT molecular complexity index is 728. The Morgan fingerprint density at radius 2 is 0.842 bits per heavy atom. The van der Waals surface area contributed by atoms with Crippen LogP contribution in [0.2, 0.25) is 0 Å². The van der Waals surface area contributed by atoms with Crippen molar-refractivity contribution in [2.24, 2.45) is 0 Å². The van der Waals surface area contributed by atoms with Crippen LogP contribution in [0.25, 0.3) is 0 Å². The van der Waals surface area contributed by atoms with E-state index in [0.717, 1.165) is 0 Å². The van der Waals surface area contributed by atoms with Gasteiger partial charge in [0.05, 0.1) is 28.4 Å². The first-order valence-electron chi connectivity index (χ1n) is 9.16. The highest BCUT2D eigenvalue weighted by Gasteiger charge is 2.22. The van der Waals surface area contributed by atoms with Gasteiger partial charge in [-0.1, -0.05) is 0 Å². The Labute approximate surface area is 247 Å². The maximum atomic E-state index is 11.2. The number of halogens is 4. The molecule has 0 heterocycles. The zero-order valence-electron chi connectivity index (χ0n) is 21.2. The molecule has 0 amide bonds. The van der Waals surface area contributed by atoms with Gasteiger partial charge in [-0.3, -0.25) is 12.5 Å². The van der Waals surface area contributed by atoms with Crippen LogP contribution in [0.1, 0.15) is 27.7 Å². The molecule has 0 bridgehead atoms. The molecule has 0 aromatic carbocycles. The number of aliphatic hydroxyl groups excluding tert-OH is 1. The average molecular weight is 700 g/mol. The van der Waals surface area contributed by atoms with Crippen LogP contribution in [0.4, 0.5) is 0 Å². The van der Waals surface area contributed by atoms with E-state index < -0.39 is 79.2 Å². The summed E-state index contributed by atoms with van der Waals surface area (Å²) in [5.74, 6) is -2.58. The van der Waals surface area contributed by atoms with Gasteiger partial charge in [-0.25, -0.2) is 27.6 Å². The first-order valence-corrected chi connectivity index (χ1v) is 14.9. The molecule has 0 aliphatic rings. The SMILES string of the molecule is COC(=O)[C@H](C)O.COC(=O)[C@H](C)OS(=O)Cl.COC(=O)[C@H](C)OS(=O)O[C@@H](C)C(=O)OC.Cl.O=S(Cl)Cl. The van der Waals surface area contributed by atoms with Crippen LogP contribution < -0.4 is 0 Å². The number of carbonyl (C=O) groups excluding carboxylic acids is 4. The first kappa shape index (κ1) is 47.1. The monoisotopic (exact) mass is 698 g/mol. The van der Waals surface area contributed by atoms with Crippen molar-refractivity contribution in [3.63, 3.8) is 0 Å².